The monoisotopic (exact) mass is 330 g/mol. The summed E-state index contributed by atoms with van der Waals surface area (Å²) in [6, 6.07) is 4.37. The Kier molecular flexibility index (Phi) is 5.94. The number of amides is 1. The van der Waals surface area contributed by atoms with E-state index in [9.17, 15) is 9.18 Å². The number of likely N-dealkylation sites (N-methyl/N-ethyl adjacent to an activating group) is 1. The normalized spacial score (nSPS) is 14.0. The van der Waals surface area contributed by atoms with Crippen LogP contribution in [0.25, 0.3) is 0 Å². The zero-order chi connectivity index (χ0) is 14.6. The van der Waals surface area contributed by atoms with Gasteiger partial charge in [-0.25, -0.2) is 4.39 Å². The highest BCUT2D eigenvalue weighted by atomic mass is 79.9. The molecule has 0 radical (unpaired) electrons. The van der Waals surface area contributed by atoms with Gasteiger partial charge in [0.15, 0.2) is 0 Å². The van der Waals surface area contributed by atoms with E-state index in [2.05, 4.69) is 21.2 Å². The molecular weight excluding hydrogens is 311 g/mol. The van der Waals surface area contributed by atoms with Gasteiger partial charge >= 0.3 is 0 Å². The Hall–Kier alpha value is -0.940. The topological polar surface area (TPSA) is 32.3 Å². The highest BCUT2D eigenvalue weighted by Gasteiger charge is 2.20. The van der Waals surface area contributed by atoms with E-state index in [1.165, 1.54) is 6.07 Å². The summed E-state index contributed by atoms with van der Waals surface area (Å²) in [7, 11) is 1.76. The van der Waals surface area contributed by atoms with Crippen LogP contribution in [0.5, 0.6) is 0 Å². The minimum Gasteiger partial charge on any atom is -0.345 e. The Bertz CT molecular complexity index is 453. The Labute approximate surface area is 122 Å². The molecule has 2 atom stereocenters. The number of hydrogen-bond acceptors (Lipinski definition) is 2. The van der Waals surface area contributed by atoms with Gasteiger partial charge in [-0.05, 0) is 32.9 Å². The zero-order valence-electron chi connectivity index (χ0n) is 11.7. The molecule has 1 amide bonds. The van der Waals surface area contributed by atoms with E-state index in [-0.39, 0.29) is 23.8 Å². The minimum atomic E-state index is -0.344. The number of halogens is 2. The van der Waals surface area contributed by atoms with E-state index >= 15 is 0 Å². The maximum absolute atomic E-state index is 13.8. The SMILES string of the molecule is CCN(C)C(=O)C(C)NC(C)c1ccc(Br)cc1F. The van der Waals surface area contributed by atoms with Crippen LogP contribution in [0.4, 0.5) is 4.39 Å². The molecule has 1 rings (SSSR count). The van der Waals surface area contributed by atoms with Crippen molar-refractivity contribution < 1.29 is 9.18 Å². The predicted octanol–water partition coefficient (Wildman–Crippen LogP) is 3.11. The molecule has 0 fully saturated rings. The third-order valence-electron chi connectivity index (χ3n) is 3.15. The third-order valence-corrected chi connectivity index (χ3v) is 3.64. The van der Waals surface area contributed by atoms with Crippen LogP contribution in [-0.4, -0.2) is 30.4 Å². The lowest BCUT2D eigenvalue weighted by Gasteiger charge is -2.24. The summed E-state index contributed by atoms with van der Waals surface area (Å²) in [5.74, 6) is -0.273. The Morgan fingerprint density at radius 1 is 1.47 bits per heavy atom. The second-order valence-electron chi connectivity index (χ2n) is 4.63. The number of rotatable bonds is 5. The summed E-state index contributed by atoms with van der Waals surface area (Å²) in [6.45, 7) is 6.22. The van der Waals surface area contributed by atoms with Crippen LogP contribution in [-0.2, 0) is 4.79 Å². The molecule has 1 aromatic rings. The highest BCUT2D eigenvalue weighted by Crippen LogP contribution is 2.21. The molecule has 0 saturated carbocycles. The van der Waals surface area contributed by atoms with Crippen LogP contribution in [0.15, 0.2) is 22.7 Å². The number of hydrogen-bond donors (Lipinski definition) is 1. The quantitative estimate of drug-likeness (QED) is 0.899. The van der Waals surface area contributed by atoms with Crippen LogP contribution in [0.1, 0.15) is 32.4 Å². The molecule has 1 N–H and O–H groups in total. The zero-order valence-corrected chi connectivity index (χ0v) is 13.3. The van der Waals surface area contributed by atoms with Gasteiger partial charge in [-0.15, -0.1) is 0 Å². The van der Waals surface area contributed by atoms with Crippen molar-refractivity contribution in [3.63, 3.8) is 0 Å². The van der Waals surface area contributed by atoms with E-state index in [1.54, 1.807) is 31.0 Å². The lowest BCUT2D eigenvalue weighted by atomic mass is 10.1. The molecule has 2 unspecified atom stereocenters. The first-order valence-corrected chi connectivity index (χ1v) is 7.12. The van der Waals surface area contributed by atoms with Gasteiger partial charge in [-0.3, -0.25) is 10.1 Å². The van der Waals surface area contributed by atoms with Crippen LogP contribution < -0.4 is 5.32 Å². The Morgan fingerprint density at radius 2 is 2.11 bits per heavy atom. The van der Waals surface area contributed by atoms with Gasteiger partial charge in [0.2, 0.25) is 5.91 Å². The first kappa shape index (κ1) is 16.1. The lowest BCUT2D eigenvalue weighted by molar-refractivity contribution is -0.131. The van der Waals surface area contributed by atoms with Crippen LogP contribution in [0.2, 0.25) is 0 Å². The molecular formula is C14H20BrFN2O. The smallest absolute Gasteiger partial charge is 0.239 e. The summed E-state index contributed by atoms with van der Waals surface area (Å²) in [5, 5.41) is 3.12. The first-order valence-electron chi connectivity index (χ1n) is 6.32. The molecule has 0 bridgehead atoms. The van der Waals surface area contributed by atoms with Gasteiger partial charge in [-0.2, -0.15) is 0 Å². The Morgan fingerprint density at radius 3 is 2.63 bits per heavy atom. The Balaban J connectivity index is 2.74. The summed E-state index contributed by atoms with van der Waals surface area (Å²) in [5.41, 5.74) is 0.557. The average Bonchev–Trinajstić information content (AvgIpc) is 2.36. The fraction of sp³-hybridized carbons (Fsp3) is 0.500. The van der Waals surface area contributed by atoms with Crippen molar-refractivity contribution in [1.29, 1.82) is 0 Å². The van der Waals surface area contributed by atoms with E-state index in [4.69, 9.17) is 0 Å². The fourth-order valence-electron chi connectivity index (χ4n) is 1.88. The molecule has 5 heteroatoms. The molecule has 0 aliphatic heterocycles. The van der Waals surface area contributed by atoms with Gasteiger partial charge in [-0.1, -0.05) is 22.0 Å². The maximum Gasteiger partial charge on any atom is 0.239 e. The molecule has 0 spiro atoms. The van der Waals surface area contributed by atoms with Crippen molar-refractivity contribution in [2.45, 2.75) is 32.9 Å². The summed E-state index contributed by atoms with van der Waals surface area (Å²) >= 11 is 3.23. The third kappa shape index (κ3) is 4.28. The van der Waals surface area contributed by atoms with Gasteiger partial charge in [0.1, 0.15) is 5.82 Å². The molecule has 0 aliphatic carbocycles. The molecule has 19 heavy (non-hydrogen) atoms. The summed E-state index contributed by atoms with van der Waals surface area (Å²) < 4.78 is 14.5. The molecule has 3 nitrogen and oxygen atoms in total. The fourth-order valence-corrected chi connectivity index (χ4v) is 2.21. The standard InChI is InChI=1S/C14H20BrFN2O/c1-5-18(4)14(19)10(3)17-9(2)12-7-6-11(15)8-13(12)16/h6-10,17H,5H2,1-4H3. The number of benzene rings is 1. The van der Waals surface area contributed by atoms with Crippen molar-refractivity contribution in [1.82, 2.24) is 10.2 Å². The van der Waals surface area contributed by atoms with Crippen molar-refractivity contribution in [3.05, 3.63) is 34.1 Å². The summed E-state index contributed by atoms with van der Waals surface area (Å²) in [6.07, 6.45) is 0. The van der Waals surface area contributed by atoms with Gasteiger partial charge < -0.3 is 4.90 Å². The van der Waals surface area contributed by atoms with Crippen LogP contribution >= 0.6 is 15.9 Å². The predicted molar refractivity (Wildman–Crippen MR) is 78.4 cm³/mol. The summed E-state index contributed by atoms with van der Waals surface area (Å²) in [4.78, 5) is 13.6. The van der Waals surface area contributed by atoms with Crippen molar-refractivity contribution in [2.75, 3.05) is 13.6 Å². The lowest BCUT2D eigenvalue weighted by Crippen LogP contribution is -2.44. The van der Waals surface area contributed by atoms with Crippen molar-refractivity contribution in [3.8, 4) is 0 Å². The molecule has 1 aromatic carbocycles. The van der Waals surface area contributed by atoms with Crippen LogP contribution in [0, 0.1) is 5.82 Å². The second kappa shape index (κ2) is 7.01. The molecule has 0 saturated heterocycles. The number of carbonyl (C=O) groups excluding carboxylic acids is 1. The number of nitrogens with one attached hydrogen (secondary N) is 1. The van der Waals surface area contributed by atoms with E-state index < -0.39 is 0 Å². The average molecular weight is 331 g/mol. The van der Waals surface area contributed by atoms with Gasteiger partial charge in [0, 0.05) is 29.7 Å². The van der Waals surface area contributed by atoms with Gasteiger partial charge in [0.05, 0.1) is 6.04 Å². The molecule has 0 heterocycles. The molecule has 0 aliphatic rings. The van der Waals surface area contributed by atoms with E-state index in [0.717, 1.165) is 0 Å². The molecule has 0 aromatic heterocycles. The first-order chi connectivity index (χ1) is 8.86. The minimum absolute atomic E-state index is 0.00636. The molecule has 106 valence electrons. The maximum atomic E-state index is 13.8. The highest BCUT2D eigenvalue weighted by molar-refractivity contribution is 9.10. The largest absolute Gasteiger partial charge is 0.345 e. The number of carbonyl (C=O) groups is 1. The van der Waals surface area contributed by atoms with E-state index in [1.807, 2.05) is 13.8 Å². The van der Waals surface area contributed by atoms with Crippen molar-refractivity contribution >= 4 is 21.8 Å². The van der Waals surface area contributed by atoms with Crippen molar-refractivity contribution in [2.24, 2.45) is 0 Å². The van der Waals surface area contributed by atoms with Gasteiger partial charge in [0.25, 0.3) is 0 Å². The second-order valence-corrected chi connectivity index (χ2v) is 5.54. The number of nitrogens with zero attached hydrogens (tertiary/aromatic N) is 1. The van der Waals surface area contributed by atoms with E-state index in [0.29, 0.717) is 16.6 Å². The van der Waals surface area contributed by atoms with Crippen LogP contribution in [0.3, 0.4) is 0 Å².